The van der Waals surface area contributed by atoms with Crippen molar-refractivity contribution < 1.29 is 89.4 Å². The van der Waals surface area contributed by atoms with Crippen molar-refractivity contribution in [2.24, 2.45) is 0 Å². The van der Waals surface area contributed by atoms with E-state index in [0.29, 0.717) is 12.8 Å². The van der Waals surface area contributed by atoms with Crippen LogP contribution in [0.25, 0.3) is 0 Å². The third kappa shape index (κ3) is 48.4. The van der Waals surface area contributed by atoms with E-state index in [2.05, 4.69) is 79.9 Å². The maximum atomic E-state index is 13.5. The Bertz CT molecular complexity index is 2250. The summed E-state index contributed by atoms with van der Waals surface area (Å²) in [7, 11) is 0. The standard InChI is InChI=1S/C90H163NO18/c1-3-5-7-9-11-13-15-17-19-21-23-25-27-29-31-33-35-36-38-39-41-43-45-47-49-51-53-55-57-59-61-63-65-67-74(95)73(91-78(96)68-66-64-62-60-58-56-54-52-50-48-46-44-42-40-37-34-32-30-28-26-24-22-20-18-16-14-12-10-8-6-4-2)72-104-88-84(102)81(99)86(76(70-93)106-88)109-90-85(103)82(100)87(77(71-94)107-90)108-89-83(101)80(98)79(97)75(69-92)105-89/h6,8,12,14,18,20,24,26,57,59,65,67,73-77,79-90,92-95,97-103H,3-5,7,9-11,13,15-17,19,21-23,25,27-56,58,60-64,66,68-72H2,1-2H3,(H,91,96)/b8-6-,14-12-,20-18-,26-24-,59-57+,67-65+. The average molecular weight is 1550 g/mol. The van der Waals surface area contributed by atoms with Gasteiger partial charge in [0.25, 0.3) is 0 Å². The molecule has 0 aliphatic carbocycles. The molecule has 0 bridgehead atoms. The van der Waals surface area contributed by atoms with Gasteiger partial charge in [0, 0.05) is 6.42 Å². The molecule has 3 heterocycles. The van der Waals surface area contributed by atoms with Crippen LogP contribution in [0, 0.1) is 0 Å². The SMILES string of the molecule is CC/C=C\C/C=C\C/C=C\C/C=C\CCCCCCCCCCCCCCCCCCCCC(=O)NC(COC1OC(CO)C(OC2OC(CO)C(OC3OC(CO)C(O)C(O)C3O)C(O)C2O)C(O)C1O)C(O)/C=C/CC/C=C/CCCCCCCCCCCCCCCCCCCCCCCCCCCCC. The van der Waals surface area contributed by atoms with E-state index in [4.69, 9.17) is 28.4 Å². The Labute approximate surface area is 661 Å². The smallest absolute Gasteiger partial charge is 0.220 e. The second-order valence-corrected chi connectivity index (χ2v) is 31.7. The Balaban J connectivity index is 1.34. The molecule has 19 heteroatoms. The summed E-state index contributed by atoms with van der Waals surface area (Å²) in [5, 5.41) is 121. The third-order valence-corrected chi connectivity index (χ3v) is 22.0. The number of allylic oxidation sites excluding steroid dienone is 11. The second-order valence-electron chi connectivity index (χ2n) is 31.7. The zero-order chi connectivity index (χ0) is 78.8. The van der Waals surface area contributed by atoms with Crippen molar-refractivity contribution >= 4 is 5.91 Å². The molecule has 0 aromatic rings. The summed E-state index contributed by atoms with van der Waals surface area (Å²) in [5.41, 5.74) is 0. The monoisotopic (exact) mass is 1550 g/mol. The van der Waals surface area contributed by atoms with Gasteiger partial charge in [-0.25, -0.2) is 0 Å². The molecule has 3 aliphatic heterocycles. The van der Waals surface area contributed by atoms with Gasteiger partial charge in [-0.3, -0.25) is 4.79 Å². The minimum Gasteiger partial charge on any atom is -0.394 e. The lowest BCUT2D eigenvalue weighted by atomic mass is 9.96. The summed E-state index contributed by atoms with van der Waals surface area (Å²) >= 11 is 0. The van der Waals surface area contributed by atoms with Crippen LogP contribution in [0.5, 0.6) is 0 Å². The van der Waals surface area contributed by atoms with Crippen molar-refractivity contribution in [2.75, 3.05) is 26.4 Å². The van der Waals surface area contributed by atoms with Crippen molar-refractivity contribution in [3.8, 4) is 0 Å². The molecule has 12 N–H and O–H groups in total. The van der Waals surface area contributed by atoms with Gasteiger partial charge in [-0.2, -0.15) is 0 Å². The van der Waals surface area contributed by atoms with Gasteiger partial charge in [0.2, 0.25) is 5.91 Å². The van der Waals surface area contributed by atoms with Crippen LogP contribution >= 0.6 is 0 Å². The van der Waals surface area contributed by atoms with Gasteiger partial charge in [0.1, 0.15) is 73.2 Å². The van der Waals surface area contributed by atoms with Crippen LogP contribution in [0.4, 0.5) is 0 Å². The number of rotatable bonds is 72. The topological polar surface area (TPSA) is 307 Å². The molecule has 3 rings (SSSR count). The number of aliphatic hydroxyl groups excluding tert-OH is 11. The van der Waals surface area contributed by atoms with Gasteiger partial charge in [0.05, 0.1) is 38.6 Å². The van der Waals surface area contributed by atoms with E-state index >= 15 is 0 Å². The van der Waals surface area contributed by atoms with Gasteiger partial charge >= 0.3 is 0 Å². The Morgan fingerprint density at radius 3 is 1.03 bits per heavy atom. The summed E-state index contributed by atoms with van der Waals surface area (Å²) in [4.78, 5) is 13.5. The van der Waals surface area contributed by atoms with E-state index in [1.165, 1.54) is 263 Å². The number of carbonyl (C=O) groups is 1. The lowest BCUT2D eigenvalue weighted by Crippen LogP contribution is -2.66. The molecule has 3 aliphatic rings. The summed E-state index contributed by atoms with van der Waals surface area (Å²) in [6.07, 6.45) is 66.3. The molecule has 0 saturated carbocycles. The van der Waals surface area contributed by atoms with Crippen LogP contribution < -0.4 is 5.32 Å². The first-order valence-electron chi connectivity index (χ1n) is 44.7. The van der Waals surface area contributed by atoms with Crippen molar-refractivity contribution in [2.45, 2.75) is 465 Å². The molecule has 1 amide bonds. The van der Waals surface area contributed by atoms with Gasteiger partial charge in [-0.15, -0.1) is 0 Å². The van der Waals surface area contributed by atoms with Crippen molar-refractivity contribution in [1.29, 1.82) is 0 Å². The normalized spacial score (nSPS) is 25.6. The predicted molar refractivity (Wildman–Crippen MR) is 438 cm³/mol. The average Bonchev–Trinajstić information content (AvgIpc) is 0.782. The molecule has 17 unspecified atom stereocenters. The van der Waals surface area contributed by atoms with Crippen LogP contribution in [-0.2, 0) is 33.2 Å². The summed E-state index contributed by atoms with van der Waals surface area (Å²) in [6.45, 7) is 1.66. The zero-order valence-electron chi connectivity index (χ0n) is 68.5. The Morgan fingerprint density at radius 2 is 0.642 bits per heavy atom. The molecule has 17 atom stereocenters. The molecule has 0 aromatic heterocycles. The number of amides is 1. The Kier molecular flexibility index (Phi) is 64.1. The Morgan fingerprint density at radius 1 is 0.339 bits per heavy atom. The van der Waals surface area contributed by atoms with E-state index < -0.39 is 124 Å². The maximum Gasteiger partial charge on any atom is 0.220 e. The van der Waals surface area contributed by atoms with E-state index in [9.17, 15) is 61.0 Å². The number of hydrogen-bond acceptors (Lipinski definition) is 18. The minimum atomic E-state index is -1.98. The fourth-order valence-corrected chi connectivity index (χ4v) is 14.9. The van der Waals surface area contributed by atoms with Crippen LogP contribution in [0.1, 0.15) is 361 Å². The molecule has 3 fully saturated rings. The van der Waals surface area contributed by atoms with Crippen LogP contribution in [0.15, 0.2) is 72.9 Å². The zero-order valence-corrected chi connectivity index (χ0v) is 68.5. The highest BCUT2D eigenvalue weighted by atomic mass is 16.8. The Hall–Kier alpha value is -2.77. The quantitative estimate of drug-likeness (QED) is 0.0199. The molecule has 3 saturated heterocycles. The largest absolute Gasteiger partial charge is 0.394 e. The van der Waals surface area contributed by atoms with Crippen molar-refractivity contribution in [1.82, 2.24) is 5.32 Å². The van der Waals surface area contributed by atoms with Crippen molar-refractivity contribution in [3.63, 3.8) is 0 Å². The highest BCUT2D eigenvalue weighted by molar-refractivity contribution is 5.76. The molecule has 109 heavy (non-hydrogen) atoms. The van der Waals surface area contributed by atoms with Gasteiger partial charge in [-0.1, -0.05) is 356 Å². The molecule has 0 radical (unpaired) electrons. The number of carbonyl (C=O) groups excluding carboxylic acids is 1. The van der Waals surface area contributed by atoms with E-state index in [-0.39, 0.29) is 18.9 Å². The van der Waals surface area contributed by atoms with Gasteiger partial charge in [0.15, 0.2) is 18.9 Å². The minimum absolute atomic E-state index is 0.235. The maximum absolute atomic E-state index is 13.5. The molecule has 636 valence electrons. The molecule has 0 spiro atoms. The highest BCUT2D eigenvalue weighted by Gasteiger charge is 2.54. The molecule has 0 aromatic carbocycles. The van der Waals surface area contributed by atoms with Crippen LogP contribution in [0.2, 0.25) is 0 Å². The number of hydrogen-bond donors (Lipinski definition) is 12. The molecule has 19 nitrogen and oxygen atoms in total. The molecular formula is C90H163NO18. The first-order valence-corrected chi connectivity index (χ1v) is 44.7. The first-order chi connectivity index (χ1) is 53.3. The van der Waals surface area contributed by atoms with Crippen LogP contribution in [-0.4, -0.2) is 193 Å². The third-order valence-electron chi connectivity index (χ3n) is 22.0. The lowest BCUT2D eigenvalue weighted by molar-refractivity contribution is -0.379. The van der Waals surface area contributed by atoms with Crippen molar-refractivity contribution in [3.05, 3.63) is 72.9 Å². The lowest BCUT2D eigenvalue weighted by Gasteiger charge is -2.48. The summed E-state index contributed by atoms with van der Waals surface area (Å²) in [6, 6.07) is -0.994. The fourth-order valence-electron chi connectivity index (χ4n) is 14.9. The number of nitrogens with one attached hydrogen (secondary N) is 1. The molecular weight excluding hydrogens is 1380 g/mol. The second kappa shape index (κ2) is 69.5. The number of aliphatic hydroxyl groups is 11. The number of unbranched alkanes of at least 4 members (excludes halogenated alkanes) is 46. The van der Waals surface area contributed by atoms with E-state index in [0.717, 1.165) is 64.2 Å². The van der Waals surface area contributed by atoms with E-state index in [1.807, 2.05) is 6.08 Å². The summed E-state index contributed by atoms with van der Waals surface area (Å²) in [5.74, 6) is -0.281. The summed E-state index contributed by atoms with van der Waals surface area (Å²) < 4.78 is 34.5. The highest BCUT2D eigenvalue weighted by Crippen LogP contribution is 2.33. The first kappa shape index (κ1) is 100. The predicted octanol–water partition coefficient (Wildman–Crippen LogP) is 16.7. The number of ether oxygens (including phenoxy) is 6. The fraction of sp³-hybridized carbons (Fsp3) is 0.856. The van der Waals surface area contributed by atoms with Gasteiger partial charge < -0.3 is 89.9 Å². The van der Waals surface area contributed by atoms with Crippen LogP contribution in [0.3, 0.4) is 0 Å². The van der Waals surface area contributed by atoms with E-state index in [1.54, 1.807) is 6.08 Å². The van der Waals surface area contributed by atoms with Gasteiger partial charge in [-0.05, 0) is 70.6 Å².